The van der Waals surface area contributed by atoms with Crippen LogP contribution in [0.1, 0.15) is 0 Å². The van der Waals surface area contributed by atoms with Crippen LogP contribution in [0.4, 0.5) is 5.69 Å². The molecule has 0 aliphatic carbocycles. The topological polar surface area (TPSA) is 79.0 Å². The Morgan fingerprint density at radius 1 is 1.00 bits per heavy atom. The minimum Gasteiger partial charge on any atom is -0.455 e. The lowest BCUT2D eigenvalue weighted by Gasteiger charge is -2.06. The largest absolute Gasteiger partial charge is 0.455 e. The average molecular weight is 263 g/mol. The van der Waals surface area contributed by atoms with E-state index in [1.807, 2.05) is 18.2 Å². The molecule has 0 radical (unpaired) electrons. The van der Waals surface area contributed by atoms with E-state index in [1.54, 1.807) is 36.4 Å². The maximum atomic E-state index is 12.4. The number of hydrogen-bond acceptors (Lipinski definition) is 3. The van der Waals surface area contributed by atoms with Crippen molar-refractivity contribution in [3.63, 3.8) is 0 Å². The Kier molecular flexibility index (Phi) is 2.95. The lowest BCUT2D eigenvalue weighted by Crippen LogP contribution is -2.02. The number of fused-ring (bicyclic) bond motifs is 1. The van der Waals surface area contributed by atoms with Gasteiger partial charge in [-0.2, -0.15) is 0 Å². The van der Waals surface area contributed by atoms with Crippen molar-refractivity contribution in [2.75, 3.05) is 0 Å². The van der Waals surface area contributed by atoms with Crippen molar-refractivity contribution in [3.8, 4) is 11.3 Å². The molecule has 96 valence electrons. The van der Waals surface area contributed by atoms with E-state index in [-0.39, 0.29) is 16.9 Å². The van der Waals surface area contributed by atoms with Crippen molar-refractivity contribution in [1.29, 1.82) is 0 Å². The Balaban J connectivity index is 2.44. The molecule has 1 aromatic heterocycles. The predicted molar refractivity (Wildman–Crippen MR) is 76.7 cm³/mol. The molecule has 0 fully saturated rings. The van der Waals surface area contributed by atoms with Crippen molar-refractivity contribution in [2.45, 2.75) is 0 Å². The Hall–Kier alpha value is -3.04. The molecule has 0 amide bonds. The molecule has 0 atom stereocenters. The summed E-state index contributed by atoms with van der Waals surface area (Å²) in [5.41, 5.74) is 9.48. The molecular formula is C15H9N3O2. The van der Waals surface area contributed by atoms with Gasteiger partial charge in [-0.05, 0) is 17.7 Å². The summed E-state index contributed by atoms with van der Waals surface area (Å²) < 4.78 is 5.75. The Labute approximate surface area is 113 Å². The fraction of sp³-hybridized carbons (Fsp3) is 0. The number of rotatable bonds is 2. The summed E-state index contributed by atoms with van der Waals surface area (Å²) in [4.78, 5) is 15.1. The lowest BCUT2D eigenvalue weighted by atomic mass is 10.1. The molecule has 0 saturated carbocycles. The average Bonchev–Trinajstić information content (AvgIpc) is 2.51. The SMILES string of the molecule is [N-]=[N+]=Nc1c(-c2ccccc2)oc2ccccc2c1=O. The molecule has 0 spiro atoms. The van der Waals surface area contributed by atoms with Gasteiger partial charge in [-0.25, -0.2) is 0 Å². The van der Waals surface area contributed by atoms with E-state index in [4.69, 9.17) is 9.95 Å². The smallest absolute Gasteiger partial charge is 0.202 e. The normalized spacial score (nSPS) is 10.2. The van der Waals surface area contributed by atoms with Crippen LogP contribution in [0.2, 0.25) is 0 Å². The molecule has 0 aliphatic heterocycles. The Morgan fingerprint density at radius 2 is 1.70 bits per heavy atom. The standard InChI is InChI=1S/C15H9N3O2/c16-18-17-13-14(19)11-8-4-5-9-12(11)20-15(13)10-6-2-1-3-7-10/h1-9H. The molecule has 3 aromatic rings. The molecule has 5 nitrogen and oxygen atoms in total. The third-order valence-corrected chi connectivity index (χ3v) is 2.95. The summed E-state index contributed by atoms with van der Waals surface area (Å²) >= 11 is 0. The van der Waals surface area contributed by atoms with E-state index >= 15 is 0 Å². The van der Waals surface area contributed by atoms with Crippen molar-refractivity contribution >= 4 is 16.7 Å². The minimum atomic E-state index is -0.330. The molecular weight excluding hydrogens is 254 g/mol. The zero-order chi connectivity index (χ0) is 13.9. The monoisotopic (exact) mass is 263 g/mol. The first-order valence-electron chi connectivity index (χ1n) is 5.97. The van der Waals surface area contributed by atoms with E-state index in [0.29, 0.717) is 16.5 Å². The van der Waals surface area contributed by atoms with Gasteiger partial charge in [0.05, 0.1) is 5.39 Å². The molecule has 2 aromatic carbocycles. The highest BCUT2D eigenvalue weighted by Crippen LogP contribution is 2.30. The summed E-state index contributed by atoms with van der Waals surface area (Å²) in [5.74, 6) is 0.284. The summed E-state index contributed by atoms with van der Waals surface area (Å²) in [7, 11) is 0. The molecule has 5 heteroatoms. The van der Waals surface area contributed by atoms with Gasteiger partial charge in [0.1, 0.15) is 17.0 Å². The molecule has 0 aliphatic rings. The first kappa shape index (κ1) is 12.0. The van der Waals surface area contributed by atoms with E-state index in [1.165, 1.54) is 0 Å². The minimum absolute atomic E-state index is 0.0163. The van der Waals surface area contributed by atoms with Crippen molar-refractivity contribution in [1.82, 2.24) is 0 Å². The van der Waals surface area contributed by atoms with Crippen LogP contribution in [0.25, 0.3) is 32.7 Å². The number of benzene rings is 2. The summed E-state index contributed by atoms with van der Waals surface area (Å²) in [6.07, 6.45) is 0. The Bertz CT molecular complexity index is 879. The number of azide groups is 1. The van der Waals surface area contributed by atoms with Crippen LogP contribution in [-0.4, -0.2) is 0 Å². The lowest BCUT2D eigenvalue weighted by molar-refractivity contribution is 0.620. The summed E-state index contributed by atoms with van der Waals surface area (Å²) in [6.45, 7) is 0. The molecule has 0 saturated heterocycles. The molecule has 20 heavy (non-hydrogen) atoms. The molecule has 0 unspecified atom stereocenters. The van der Waals surface area contributed by atoms with Gasteiger partial charge in [0, 0.05) is 10.5 Å². The van der Waals surface area contributed by atoms with Crippen LogP contribution in [0.3, 0.4) is 0 Å². The molecule has 0 bridgehead atoms. The van der Waals surface area contributed by atoms with E-state index in [0.717, 1.165) is 0 Å². The van der Waals surface area contributed by atoms with E-state index in [9.17, 15) is 4.79 Å². The fourth-order valence-electron chi connectivity index (χ4n) is 2.05. The second-order valence-electron chi connectivity index (χ2n) is 4.16. The third-order valence-electron chi connectivity index (χ3n) is 2.95. The second kappa shape index (κ2) is 4.91. The van der Waals surface area contributed by atoms with Crippen LogP contribution in [0.5, 0.6) is 0 Å². The van der Waals surface area contributed by atoms with Crippen LogP contribution in [0.15, 0.2) is 68.9 Å². The van der Waals surface area contributed by atoms with Gasteiger partial charge >= 0.3 is 0 Å². The van der Waals surface area contributed by atoms with Gasteiger partial charge in [-0.15, -0.1) is 0 Å². The Morgan fingerprint density at radius 3 is 2.45 bits per heavy atom. The third kappa shape index (κ3) is 1.92. The van der Waals surface area contributed by atoms with E-state index in [2.05, 4.69) is 10.0 Å². The molecule has 0 N–H and O–H groups in total. The first-order valence-corrected chi connectivity index (χ1v) is 5.97. The summed E-state index contributed by atoms with van der Waals surface area (Å²) in [6, 6.07) is 16.0. The number of nitrogens with zero attached hydrogens (tertiary/aromatic N) is 3. The van der Waals surface area contributed by atoms with E-state index < -0.39 is 0 Å². The maximum absolute atomic E-state index is 12.4. The zero-order valence-corrected chi connectivity index (χ0v) is 10.4. The number of para-hydroxylation sites is 1. The second-order valence-corrected chi connectivity index (χ2v) is 4.16. The highest BCUT2D eigenvalue weighted by atomic mass is 16.3. The van der Waals surface area contributed by atoms with Crippen molar-refractivity contribution in [3.05, 3.63) is 75.3 Å². The zero-order valence-electron chi connectivity index (χ0n) is 10.4. The quantitative estimate of drug-likeness (QED) is 0.390. The van der Waals surface area contributed by atoms with Crippen LogP contribution in [0, 0.1) is 0 Å². The van der Waals surface area contributed by atoms with Crippen LogP contribution < -0.4 is 5.43 Å². The van der Waals surface area contributed by atoms with Gasteiger partial charge in [0.25, 0.3) is 0 Å². The van der Waals surface area contributed by atoms with Gasteiger partial charge < -0.3 is 4.42 Å². The molecule has 1 heterocycles. The first-order chi connectivity index (χ1) is 9.81. The van der Waals surface area contributed by atoms with Gasteiger partial charge in [-0.3, -0.25) is 4.79 Å². The van der Waals surface area contributed by atoms with Crippen molar-refractivity contribution in [2.24, 2.45) is 5.11 Å². The van der Waals surface area contributed by atoms with Gasteiger partial charge in [-0.1, -0.05) is 47.6 Å². The number of hydrogen-bond donors (Lipinski definition) is 0. The predicted octanol–water partition coefficient (Wildman–Crippen LogP) is 4.40. The van der Waals surface area contributed by atoms with Crippen molar-refractivity contribution < 1.29 is 4.42 Å². The maximum Gasteiger partial charge on any atom is 0.202 e. The van der Waals surface area contributed by atoms with Crippen LogP contribution >= 0.6 is 0 Å². The van der Waals surface area contributed by atoms with Gasteiger partial charge in [0.2, 0.25) is 5.43 Å². The highest BCUT2D eigenvalue weighted by molar-refractivity contribution is 5.84. The highest BCUT2D eigenvalue weighted by Gasteiger charge is 2.14. The fourth-order valence-corrected chi connectivity index (χ4v) is 2.05. The summed E-state index contributed by atoms with van der Waals surface area (Å²) in [5, 5.41) is 3.90. The van der Waals surface area contributed by atoms with Crippen LogP contribution in [-0.2, 0) is 0 Å². The van der Waals surface area contributed by atoms with Gasteiger partial charge in [0.15, 0.2) is 0 Å². The molecule has 3 rings (SSSR count).